The van der Waals surface area contributed by atoms with Crippen molar-refractivity contribution in [2.24, 2.45) is 4.99 Å². The summed E-state index contributed by atoms with van der Waals surface area (Å²) in [4.78, 5) is 8.86. The Labute approximate surface area is 160 Å². The van der Waals surface area contributed by atoms with Gasteiger partial charge in [0.05, 0.1) is 13.7 Å². The fourth-order valence-electron chi connectivity index (χ4n) is 3.03. The number of aryl methyl sites for hydroxylation is 1. The SMILES string of the molecule is CCNC(=NCc1cccnc1OC)NCCCn1ccc2ccccc21. The van der Waals surface area contributed by atoms with E-state index < -0.39 is 0 Å². The van der Waals surface area contributed by atoms with Crippen molar-refractivity contribution < 1.29 is 4.74 Å². The van der Waals surface area contributed by atoms with Crippen LogP contribution in [0.4, 0.5) is 0 Å². The Morgan fingerprint density at radius 2 is 2.04 bits per heavy atom. The number of fused-ring (bicyclic) bond motifs is 1. The van der Waals surface area contributed by atoms with Gasteiger partial charge in [0, 0.05) is 43.1 Å². The molecule has 0 amide bonds. The predicted molar refractivity (Wildman–Crippen MR) is 110 cm³/mol. The summed E-state index contributed by atoms with van der Waals surface area (Å²) in [6, 6.07) is 14.5. The molecular formula is C21H27N5O. The molecule has 0 aliphatic rings. The van der Waals surface area contributed by atoms with Crippen molar-refractivity contribution in [1.82, 2.24) is 20.2 Å². The number of aliphatic imine (C=N–C) groups is 1. The minimum atomic E-state index is 0.522. The van der Waals surface area contributed by atoms with Crippen molar-refractivity contribution in [2.45, 2.75) is 26.4 Å². The molecule has 0 bridgehead atoms. The number of para-hydroxylation sites is 1. The van der Waals surface area contributed by atoms with Gasteiger partial charge in [-0.2, -0.15) is 0 Å². The molecule has 0 unspecified atom stereocenters. The molecule has 0 aliphatic carbocycles. The van der Waals surface area contributed by atoms with Crippen LogP contribution in [-0.4, -0.2) is 35.7 Å². The van der Waals surface area contributed by atoms with Gasteiger partial charge in [-0.25, -0.2) is 9.98 Å². The van der Waals surface area contributed by atoms with Crippen LogP contribution >= 0.6 is 0 Å². The lowest BCUT2D eigenvalue weighted by Gasteiger charge is -2.12. The molecule has 3 aromatic rings. The van der Waals surface area contributed by atoms with Gasteiger partial charge in [-0.15, -0.1) is 0 Å². The van der Waals surface area contributed by atoms with E-state index in [2.05, 4.69) is 68.6 Å². The van der Waals surface area contributed by atoms with Gasteiger partial charge in [-0.1, -0.05) is 24.3 Å². The largest absolute Gasteiger partial charge is 0.481 e. The number of hydrogen-bond donors (Lipinski definition) is 2. The summed E-state index contributed by atoms with van der Waals surface area (Å²) >= 11 is 0. The fraction of sp³-hybridized carbons (Fsp3) is 0.333. The van der Waals surface area contributed by atoms with Gasteiger partial charge < -0.3 is 19.9 Å². The third-order valence-corrected chi connectivity index (χ3v) is 4.34. The molecule has 0 fully saturated rings. The van der Waals surface area contributed by atoms with Crippen molar-refractivity contribution in [3.05, 3.63) is 60.4 Å². The number of aromatic nitrogens is 2. The molecule has 6 nitrogen and oxygen atoms in total. The molecule has 0 radical (unpaired) electrons. The Balaban J connectivity index is 1.53. The van der Waals surface area contributed by atoms with Crippen molar-refractivity contribution in [3.8, 4) is 5.88 Å². The second kappa shape index (κ2) is 9.62. The number of guanidine groups is 1. The van der Waals surface area contributed by atoms with Gasteiger partial charge in [-0.3, -0.25) is 0 Å². The Kier molecular flexibility index (Phi) is 6.68. The van der Waals surface area contributed by atoms with E-state index in [9.17, 15) is 0 Å². The van der Waals surface area contributed by atoms with Crippen LogP contribution in [0.15, 0.2) is 59.9 Å². The van der Waals surface area contributed by atoms with Crippen LogP contribution in [0.5, 0.6) is 5.88 Å². The van der Waals surface area contributed by atoms with Gasteiger partial charge >= 0.3 is 0 Å². The lowest BCUT2D eigenvalue weighted by molar-refractivity contribution is 0.392. The van der Waals surface area contributed by atoms with Gasteiger partial charge in [-0.05, 0) is 36.9 Å². The maximum atomic E-state index is 5.29. The van der Waals surface area contributed by atoms with Gasteiger partial charge in [0.25, 0.3) is 0 Å². The van der Waals surface area contributed by atoms with Crippen LogP contribution in [0.3, 0.4) is 0 Å². The number of benzene rings is 1. The summed E-state index contributed by atoms with van der Waals surface area (Å²) in [7, 11) is 1.63. The van der Waals surface area contributed by atoms with Crippen molar-refractivity contribution in [1.29, 1.82) is 0 Å². The maximum absolute atomic E-state index is 5.29. The average molecular weight is 365 g/mol. The topological polar surface area (TPSA) is 63.5 Å². The normalized spacial score (nSPS) is 11.6. The monoisotopic (exact) mass is 365 g/mol. The van der Waals surface area contributed by atoms with E-state index in [1.165, 1.54) is 10.9 Å². The van der Waals surface area contributed by atoms with Crippen LogP contribution in [0, 0.1) is 0 Å². The zero-order valence-electron chi connectivity index (χ0n) is 16.0. The smallest absolute Gasteiger partial charge is 0.218 e. The molecular weight excluding hydrogens is 338 g/mol. The second-order valence-electron chi connectivity index (χ2n) is 6.22. The summed E-state index contributed by atoms with van der Waals surface area (Å²) in [6.45, 7) is 5.22. The van der Waals surface area contributed by atoms with Crippen molar-refractivity contribution in [3.63, 3.8) is 0 Å². The first-order valence-corrected chi connectivity index (χ1v) is 9.35. The minimum Gasteiger partial charge on any atom is -0.481 e. The molecule has 27 heavy (non-hydrogen) atoms. The number of rotatable bonds is 8. The molecule has 6 heteroatoms. The molecule has 142 valence electrons. The van der Waals surface area contributed by atoms with E-state index in [0.29, 0.717) is 12.4 Å². The molecule has 0 spiro atoms. The molecule has 0 aliphatic heterocycles. The number of ether oxygens (including phenoxy) is 1. The molecule has 0 saturated carbocycles. The van der Waals surface area contributed by atoms with E-state index in [-0.39, 0.29) is 0 Å². The van der Waals surface area contributed by atoms with Crippen LogP contribution < -0.4 is 15.4 Å². The van der Waals surface area contributed by atoms with Crippen LogP contribution in [0.2, 0.25) is 0 Å². The average Bonchev–Trinajstić information content (AvgIpc) is 3.12. The number of pyridine rings is 1. The predicted octanol–water partition coefficient (Wildman–Crippen LogP) is 3.19. The maximum Gasteiger partial charge on any atom is 0.218 e. The third-order valence-electron chi connectivity index (χ3n) is 4.34. The summed E-state index contributed by atoms with van der Waals surface area (Å²) < 4.78 is 7.58. The van der Waals surface area contributed by atoms with E-state index in [1.807, 2.05) is 12.1 Å². The number of nitrogens with zero attached hydrogens (tertiary/aromatic N) is 3. The molecule has 1 aromatic carbocycles. The highest BCUT2D eigenvalue weighted by molar-refractivity contribution is 5.80. The third kappa shape index (κ3) is 5.00. The molecule has 0 saturated heterocycles. The Bertz CT molecular complexity index is 887. The molecule has 2 heterocycles. The van der Waals surface area contributed by atoms with Gasteiger partial charge in [0.2, 0.25) is 5.88 Å². The van der Waals surface area contributed by atoms with Crippen molar-refractivity contribution >= 4 is 16.9 Å². The lowest BCUT2D eigenvalue weighted by atomic mass is 10.2. The summed E-state index contributed by atoms with van der Waals surface area (Å²) in [5.74, 6) is 1.43. The molecule has 0 atom stereocenters. The van der Waals surface area contributed by atoms with E-state index >= 15 is 0 Å². The summed E-state index contributed by atoms with van der Waals surface area (Å²) in [5.41, 5.74) is 2.25. The van der Waals surface area contributed by atoms with E-state index in [1.54, 1.807) is 13.3 Å². The molecule has 2 N–H and O–H groups in total. The highest BCUT2D eigenvalue weighted by atomic mass is 16.5. The lowest BCUT2D eigenvalue weighted by Crippen LogP contribution is -2.38. The Hall–Kier alpha value is -3.02. The van der Waals surface area contributed by atoms with E-state index in [0.717, 1.165) is 37.6 Å². The van der Waals surface area contributed by atoms with Gasteiger partial charge in [0.1, 0.15) is 0 Å². The first-order chi connectivity index (χ1) is 13.3. The highest BCUT2D eigenvalue weighted by Crippen LogP contribution is 2.15. The molecule has 2 aromatic heterocycles. The standard InChI is InChI=1S/C21H27N5O/c1-3-22-21(25-16-18-9-6-12-23-20(18)27-2)24-13-7-14-26-15-11-17-8-4-5-10-19(17)26/h4-6,8-12,15H,3,7,13-14,16H2,1-2H3,(H2,22,24,25). The molecule has 3 rings (SSSR count). The fourth-order valence-corrected chi connectivity index (χ4v) is 3.03. The van der Waals surface area contributed by atoms with Crippen LogP contribution in [0.1, 0.15) is 18.9 Å². The van der Waals surface area contributed by atoms with Gasteiger partial charge in [0.15, 0.2) is 5.96 Å². The number of methoxy groups -OCH3 is 1. The Morgan fingerprint density at radius 3 is 2.89 bits per heavy atom. The summed E-state index contributed by atoms with van der Waals surface area (Å²) in [5, 5.41) is 7.97. The van der Waals surface area contributed by atoms with Crippen LogP contribution in [-0.2, 0) is 13.1 Å². The first kappa shape index (κ1) is 18.8. The quantitative estimate of drug-likeness (QED) is 0.366. The minimum absolute atomic E-state index is 0.522. The number of hydrogen-bond acceptors (Lipinski definition) is 3. The first-order valence-electron chi connectivity index (χ1n) is 9.35. The Morgan fingerprint density at radius 1 is 1.15 bits per heavy atom. The zero-order chi connectivity index (χ0) is 18.9. The number of nitrogens with one attached hydrogen (secondary N) is 2. The second-order valence-corrected chi connectivity index (χ2v) is 6.22. The zero-order valence-corrected chi connectivity index (χ0v) is 16.0. The summed E-state index contributed by atoms with van der Waals surface area (Å²) in [6.07, 6.45) is 4.89. The van der Waals surface area contributed by atoms with E-state index in [4.69, 9.17) is 4.74 Å². The highest BCUT2D eigenvalue weighted by Gasteiger charge is 2.04. The van der Waals surface area contributed by atoms with Crippen LogP contribution in [0.25, 0.3) is 10.9 Å². The van der Waals surface area contributed by atoms with Crippen molar-refractivity contribution in [2.75, 3.05) is 20.2 Å².